The van der Waals surface area contributed by atoms with Crippen molar-refractivity contribution >= 4 is 22.5 Å². The number of carbonyl (C=O) groups excluding carboxylic acids is 1. The number of hydrogen-bond donors (Lipinski definition) is 3. The second-order valence-corrected chi connectivity index (χ2v) is 7.50. The minimum atomic E-state index is -0.116. The second-order valence-electron chi connectivity index (χ2n) is 7.50. The summed E-state index contributed by atoms with van der Waals surface area (Å²) in [4.78, 5) is 18.7. The third kappa shape index (κ3) is 2.70. The molecule has 0 aliphatic carbocycles. The standard InChI is InChI=1S/C22H24N4O/c1-23-14-8-9-15-17(12-14)21(25-22(15)27)20-16-6-2-3-7-18(16)24-19(20)13-26-10-4-5-11-26/h2-3,6-9,12,21,23-24H,4-5,10-11,13H2,1H3,(H,25,27). The predicted octanol–water partition coefficient (Wildman–Crippen LogP) is 3.64. The van der Waals surface area contributed by atoms with Crippen LogP contribution in [-0.4, -0.2) is 35.9 Å². The number of aromatic nitrogens is 1. The number of amides is 1. The zero-order valence-corrected chi connectivity index (χ0v) is 15.5. The normalized spacial score (nSPS) is 19.4. The predicted molar refractivity (Wildman–Crippen MR) is 108 cm³/mol. The number of anilines is 1. The summed E-state index contributed by atoms with van der Waals surface area (Å²) in [6.45, 7) is 3.19. The molecule has 138 valence electrons. The van der Waals surface area contributed by atoms with E-state index in [9.17, 15) is 4.79 Å². The maximum Gasteiger partial charge on any atom is 0.252 e. The van der Waals surface area contributed by atoms with E-state index in [0.717, 1.165) is 42.0 Å². The Balaban J connectivity index is 1.65. The van der Waals surface area contributed by atoms with Crippen molar-refractivity contribution in [3.63, 3.8) is 0 Å². The van der Waals surface area contributed by atoms with E-state index in [1.165, 1.54) is 29.5 Å². The lowest BCUT2D eigenvalue weighted by Crippen LogP contribution is -2.23. The molecule has 3 aromatic rings. The number of hydrogen-bond acceptors (Lipinski definition) is 3. The van der Waals surface area contributed by atoms with Crippen LogP contribution in [0.5, 0.6) is 0 Å². The zero-order chi connectivity index (χ0) is 18.4. The Kier molecular flexibility index (Phi) is 3.90. The summed E-state index contributed by atoms with van der Waals surface area (Å²) in [6, 6.07) is 14.3. The molecule has 3 heterocycles. The van der Waals surface area contributed by atoms with Gasteiger partial charge in [0.15, 0.2) is 0 Å². The molecule has 5 rings (SSSR count). The number of nitrogens with zero attached hydrogens (tertiary/aromatic N) is 1. The van der Waals surface area contributed by atoms with Gasteiger partial charge in [0, 0.05) is 47.0 Å². The molecule has 2 aromatic carbocycles. The van der Waals surface area contributed by atoms with Gasteiger partial charge in [-0.25, -0.2) is 0 Å². The molecule has 2 aliphatic rings. The van der Waals surface area contributed by atoms with Crippen molar-refractivity contribution in [2.75, 3.05) is 25.5 Å². The van der Waals surface area contributed by atoms with Crippen LogP contribution in [0.2, 0.25) is 0 Å². The van der Waals surface area contributed by atoms with Crippen LogP contribution in [0.15, 0.2) is 42.5 Å². The summed E-state index contributed by atoms with van der Waals surface area (Å²) < 4.78 is 0. The molecule has 2 aliphatic heterocycles. The summed E-state index contributed by atoms with van der Waals surface area (Å²) >= 11 is 0. The molecule has 1 atom stereocenters. The first kappa shape index (κ1) is 16.4. The molecular weight excluding hydrogens is 336 g/mol. The Bertz CT molecular complexity index is 1020. The van der Waals surface area contributed by atoms with Crippen molar-refractivity contribution < 1.29 is 4.79 Å². The third-order valence-electron chi connectivity index (χ3n) is 5.87. The highest BCUT2D eigenvalue weighted by Crippen LogP contribution is 2.38. The van der Waals surface area contributed by atoms with Crippen molar-refractivity contribution in [1.29, 1.82) is 0 Å². The molecule has 0 bridgehead atoms. The number of aromatic amines is 1. The summed E-state index contributed by atoms with van der Waals surface area (Å²) in [5, 5.41) is 7.61. The number of nitrogens with one attached hydrogen (secondary N) is 3. The van der Waals surface area contributed by atoms with Crippen LogP contribution in [0.4, 0.5) is 5.69 Å². The lowest BCUT2D eigenvalue weighted by atomic mass is 9.95. The van der Waals surface area contributed by atoms with Crippen LogP contribution in [0.25, 0.3) is 10.9 Å². The van der Waals surface area contributed by atoms with Gasteiger partial charge in [-0.3, -0.25) is 9.69 Å². The lowest BCUT2D eigenvalue weighted by Gasteiger charge is -2.19. The topological polar surface area (TPSA) is 60.2 Å². The van der Waals surface area contributed by atoms with Crippen molar-refractivity contribution in [2.24, 2.45) is 0 Å². The van der Waals surface area contributed by atoms with Gasteiger partial charge < -0.3 is 15.6 Å². The van der Waals surface area contributed by atoms with E-state index in [0.29, 0.717) is 0 Å². The van der Waals surface area contributed by atoms with E-state index >= 15 is 0 Å². The van der Waals surface area contributed by atoms with E-state index < -0.39 is 0 Å². The van der Waals surface area contributed by atoms with Crippen molar-refractivity contribution in [2.45, 2.75) is 25.4 Å². The number of fused-ring (bicyclic) bond motifs is 2. The van der Waals surface area contributed by atoms with Gasteiger partial charge in [0.05, 0.1) is 6.04 Å². The molecule has 1 unspecified atom stereocenters. The smallest absolute Gasteiger partial charge is 0.252 e. The largest absolute Gasteiger partial charge is 0.388 e. The first-order valence-corrected chi connectivity index (χ1v) is 9.69. The highest BCUT2D eigenvalue weighted by atomic mass is 16.2. The quantitative estimate of drug-likeness (QED) is 0.666. The van der Waals surface area contributed by atoms with Gasteiger partial charge in [-0.05, 0) is 55.8 Å². The average molecular weight is 360 g/mol. The lowest BCUT2D eigenvalue weighted by molar-refractivity contribution is 0.0960. The van der Waals surface area contributed by atoms with Gasteiger partial charge in [-0.2, -0.15) is 0 Å². The molecule has 1 saturated heterocycles. The van der Waals surface area contributed by atoms with E-state index in [1.54, 1.807) is 0 Å². The van der Waals surface area contributed by atoms with Gasteiger partial charge in [0.2, 0.25) is 0 Å². The van der Waals surface area contributed by atoms with E-state index in [2.05, 4.69) is 50.8 Å². The Labute approximate surface area is 158 Å². The molecule has 1 fully saturated rings. The van der Waals surface area contributed by atoms with Crippen molar-refractivity contribution in [3.05, 3.63) is 64.8 Å². The zero-order valence-electron chi connectivity index (χ0n) is 15.5. The average Bonchev–Trinajstić information content (AvgIpc) is 3.40. The van der Waals surface area contributed by atoms with E-state index in [1.807, 2.05) is 19.2 Å². The van der Waals surface area contributed by atoms with Crippen LogP contribution in [0, 0.1) is 0 Å². The van der Waals surface area contributed by atoms with E-state index in [4.69, 9.17) is 0 Å². The molecule has 5 nitrogen and oxygen atoms in total. The fraction of sp³-hybridized carbons (Fsp3) is 0.318. The summed E-state index contributed by atoms with van der Waals surface area (Å²) in [6.07, 6.45) is 2.54. The first-order valence-electron chi connectivity index (χ1n) is 9.69. The minimum Gasteiger partial charge on any atom is -0.388 e. The highest BCUT2D eigenvalue weighted by Gasteiger charge is 2.33. The Morgan fingerprint density at radius 2 is 1.96 bits per heavy atom. The SMILES string of the molecule is CNc1ccc2c(c1)C(c1c(CN3CCCC3)[nH]c3ccccc13)NC2=O. The Morgan fingerprint density at radius 1 is 1.15 bits per heavy atom. The van der Waals surface area contributed by atoms with Gasteiger partial charge in [0.1, 0.15) is 0 Å². The monoisotopic (exact) mass is 360 g/mol. The Morgan fingerprint density at radius 3 is 2.78 bits per heavy atom. The summed E-state index contributed by atoms with van der Waals surface area (Å²) in [5.74, 6) is 0.00931. The molecule has 0 spiro atoms. The van der Waals surface area contributed by atoms with Gasteiger partial charge in [0.25, 0.3) is 5.91 Å². The van der Waals surface area contributed by atoms with Crippen LogP contribution >= 0.6 is 0 Å². The number of carbonyl (C=O) groups is 1. The molecule has 1 amide bonds. The number of para-hydroxylation sites is 1. The molecule has 1 aromatic heterocycles. The first-order chi connectivity index (χ1) is 13.2. The summed E-state index contributed by atoms with van der Waals surface area (Å²) in [5.41, 5.74) is 6.41. The van der Waals surface area contributed by atoms with Gasteiger partial charge in [-0.15, -0.1) is 0 Å². The maximum absolute atomic E-state index is 12.6. The molecule has 27 heavy (non-hydrogen) atoms. The molecular formula is C22H24N4O. The fourth-order valence-electron chi connectivity index (χ4n) is 4.52. The number of H-pyrrole nitrogens is 1. The number of likely N-dealkylation sites (tertiary alicyclic amines) is 1. The highest BCUT2D eigenvalue weighted by molar-refractivity contribution is 6.01. The minimum absolute atomic E-state index is 0.00931. The maximum atomic E-state index is 12.6. The van der Waals surface area contributed by atoms with Crippen LogP contribution in [0.1, 0.15) is 46.1 Å². The van der Waals surface area contributed by atoms with E-state index in [-0.39, 0.29) is 11.9 Å². The van der Waals surface area contributed by atoms with Gasteiger partial charge >= 0.3 is 0 Å². The number of benzene rings is 2. The van der Waals surface area contributed by atoms with Gasteiger partial charge in [-0.1, -0.05) is 18.2 Å². The summed E-state index contributed by atoms with van der Waals surface area (Å²) in [7, 11) is 1.91. The molecule has 5 heteroatoms. The van der Waals surface area contributed by atoms with Crippen LogP contribution in [0.3, 0.4) is 0 Å². The Hall–Kier alpha value is -2.79. The third-order valence-corrected chi connectivity index (χ3v) is 5.87. The molecule has 0 radical (unpaired) electrons. The van der Waals surface area contributed by atoms with Crippen molar-refractivity contribution in [3.8, 4) is 0 Å². The van der Waals surface area contributed by atoms with Crippen molar-refractivity contribution in [1.82, 2.24) is 15.2 Å². The van der Waals surface area contributed by atoms with Crippen LogP contribution in [-0.2, 0) is 6.54 Å². The second kappa shape index (κ2) is 6.43. The number of rotatable bonds is 4. The fourth-order valence-corrected chi connectivity index (χ4v) is 4.52. The molecule has 3 N–H and O–H groups in total. The van der Waals surface area contributed by atoms with Crippen LogP contribution < -0.4 is 10.6 Å². The molecule has 0 saturated carbocycles.